The van der Waals surface area contributed by atoms with Crippen LogP contribution in [0.2, 0.25) is 5.02 Å². The number of amides is 1. The van der Waals surface area contributed by atoms with Crippen LogP contribution in [0.1, 0.15) is 27.7 Å². The molecule has 1 atom stereocenters. The number of benzene rings is 2. The van der Waals surface area contributed by atoms with Gasteiger partial charge in [0.2, 0.25) is 5.88 Å². The lowest BCUT2D eigenvalue weighted by Crippen LogP contribution is -2.41. The Balaban J connectivity index is 1.93. The second-order valence-corrected chi connectivity index (χ2v) is 6.70. The molecule has 0 aliphatic carbocycles. The summed E-state index contributed by atoms with van der Waals surface area (Å²) in [6, 6.07) is 16.8. The summed E-state index contributed by atoms with van der Waals surface area (Å²) < 4.78 is 10.6. The Bertz CT molecular complexity index is 1030. The lowest BCUT2D eigenvalue weighted by Gasteiger charge is -2.37. The summed E-state index contributed by atoms with van der Waals surface area (Å²) in [5.74, 6) is -0.0396. The van der Waals surface area contributed by atoms with Gasteiger partial charge >= 0.3 is 6.01 Å². The van der Waals surface area contributed by atoms with Gasteiger partial charge in [0.25, 0.3) is 5.91 Å². The third-order valence-corrected chi connectivity index (χ3v) is 5.08. The number of nitrogens with zero attached hydrogens (tertiary/aromatic N) is 3. The van der Waals surface area contributed by atoms with Gasteiger partial charge in [-0.05, 0) is 23.8 Å². The van der Waals surface area contributed by atoms with Crippen LogP contribution >= 0.6 is 11.6 Å². The van der Waals surface area contributed by atoms with E-state index in [4.69, 9.17) is 21.1 Å². The third-order valence-electron chi connectivity index (χ3n) is 4.74. The van der Waals surface area contributed by atoms with E-state index in [2.05, 4.69) is 9.97 Å². The Kier molecular flexibility index (Phi) is 4.88. The first kappa shape index (κ1) is 18.3. The Morgan fingerprint density at radius 1 is 1.00 bits per heavy atom. The number of methoxy groups -OCH3 is 2. The van der Waals surface area contributed by atoms with Crippen LogP contribution in [0.4, 0.5) is 5.69 Å². The number of hydrogen-bond acceptors (Lipinski definition) is 5. The molecule has 0 fully saturated rings. The van der Waals surface area contributed by atoms with Gasteiger partial charge in [-0.25, -0.2) is 0 Å². The van der Waals surface area contributed by atoms with Gasteiger partial charge < -0.3 is 14.4 Å². The summed E-state index contributed by atoms with van der Waals surface area (Å²) in [5.41, 5.74) is 2.53. The Labute approximate surface area is 167 Å². The summed E-state index contributed by atoms with van der Waals surface area (Å²) in [6.07, 6.45) is 0.453. The highest BCUT2D eigenvalue weighted by Gasteiger charge is 2.39. The lowest BCUT2D eigenvalue weighted by atomic mass is 9.92. The molecule has 3 aromatic rings. The zero-order valence-electron chi connectivity index (χ0n) is 15.4. The van der Waals surface area contributed by atoms with E-state index >= 15 is 0 Å². The van der Waals surface area contributed by atoms with Crippen molar-refractivity contribution < 1.29 is 14.3 Å². The molecule has 1 amide bonds. The first-order chi connectivity index (χ1) is 13.6. The molecule has 0 N–H and O–H groups in total. The number of ether oxygens (including phenoxy) is 2. The van der Waals surface area contributed by atoms with Gasteiger partial charge in [0.15, 0.2) is 0 Å². The molecular formula is C21H18ClN3O3. The predicted octanol–water partition coefficient (Wildman–Crippen LogP) is 4.09. The average Bonchev–Trinajstić information content (AvgIpc) is 2.73. The van der Waals surface area contributed by atoms with Crippen LogP contribution in [0.3, 0.4) is 0 Å². The largest absolute Gasteiger partial charge is 0.480 e. The fourth-order valence-corrected chi connectivity index (χ4v) is 3.74. The van der Waals surface area contributed by atoms with Crippen molar-refractivity contribution in [2.24, 2.45) is 0 Å². The molecule has 0 saturated heterocycles. The highest BCUT2D eigenvalue weighted by Crippen LogP contribution is 2.41. The number of carbonyl (C=O) groups excluding carboxylic acids is 1. The molecule has 2 heterocycles. The van der Waals surface area contributed by atoms with Crippen LogP contribution in [0.25, 0.3) is 0 Å². The second-order valence-electron chi connectivity index (χ2n) is 6.29. The SMILES string of the molecule is COc1nc2c(c(OC)n1)C(=O)N(c1ccccc1)C(c1ccccc1Cl)C2. The molecular weight excluding hydrogens is 378 g/mol. The highest BCUT2D eigenvalue weighted by molar-refractivity contribution is 6.31. The van der Waals surface area contributed by atoms with Crippen LogP contribution in [0.15, 0.2) is 54.6 Å². The van der Waals surface area contributed by atoms with Crippen LogP contribution < -0.4 is 14.4 Å². The number of para-hydroxylation sites is 1. The zero-order valence-corrected chi connectivity index (χ0v) is 16.2. The van der Waals surface area contributed by atoms with E-state index in [1.807, 2.05) is 54.6 Å². The number of hydrogen-bond donors (Lipinski definition) is 0. The van der Waals surface area contributed by atoms with Gasteiger partial charge in [-0.3, -0.25) is 4.79 Å². The van der Waals surface area contributed by atoms with Crippen LogP contribution in [-0.4, -0.2) is 30.1 Å². The number of carbonyl (C=O) groups is 1. The monoisotopic (exact) mass is 395 g/mol. The molecule has 2 aromatic carbocycles. The molecule has 7 heteroatoms. The van der Waals surface area contributed by atoms with Crippen LogP contribution in [0, 0.1) is 0 Å². The lowest BCUT2D eigenvalue weighted by molar-refractivity contribution is 0.0961. The number of fused-ring (bicyclic) bond motifs is 1. The summed E-state index contributed by atoms with van der Waals surface area (Å²) in [7, 11) is 2.95. The average molecular weight is 396 g/mol. The Hall–Kier alpha value is -3.12. The standard InChI is InChI=1S/C21H18ClN3O3/c1-27-19-18-16(23-21(24-19)28-2)12-17(14-10-6-7-11-15(14)22)25(20(18)26)13-8-4-3-5-9-13/h3-11,17H,12H2,1-2H3. The number of rotatable bonds is 4. The molecule has 1 aromatic heterocycles. The summed E-state index contributed by atoms with van der Waals surface area (Å²) in [4.78, 5) is 23.9. The molecule has 1 aliphatic rings. The van der Waals surface area contributed by atoms with Crippen LogP contribution in [-0.2, 0) is 6.42 Å². The number of anilines is 1. The summed E-state index contributed by atoms with van der Waals surface area (Å²) >= 11 is 6.48. The van der Waals surface area contributed by atoms with Crippen molar-refractivity contribution >= 4 is 23.2 Å². The fraction of sp³-hybridized carbons (Fsp3) is 0.190. The summed E-state index contributed by atoms with van der Waals surface area (Å²) in [5, 5.41) is 0.595. The fourth-order valence-electron chi connectivity index (χ4n) is 3.48. The molecule has 0 radical (unpaired) electrons. The van der Waals surface area contributed by atoms with E-state index in [0.29, 0.717) is 22.7 Å². The minimum absolute atomic E-state index is 0.162. The first-order valence-corrected chi connectivity index (χ1v) is 9.13. The van der Waals surface area contributed by atoms with E-state index in [9.17, 15) is 4.79 Å². The first-order valence-electron chi connectivity index (χ1n) is 8.76. The van der Waals surface area contributed by atoms with E-state index in [-0.39, 0.29) is 23.8 Å². The van der Waals surface area contributed by atoms with E-state index in [1.165, 1.54) is 14.2 Å². The Morgan fingerprint density at radius 2 is 1.71 bits per heavy atom. The molecule has 0 saturated carbocycles. The number of halogens is 1. The molecule has 1 unspecified atom stereocenters. The maximum Gasteiger partial charge on any atom is 0.319 e. The van der Waals surface area contributed by atoms with Crippen molar-refractivity contribution in [3.63, 3.8) is 0 Å². The predicted molar refractivity (Wildman–Crippen MR) is 106 cm³/mol. The van der Waals surface area contributed by atoms with Crippen molar-refractivity contribution in [2.45, 2.75) is 12.5 Å². The van der Waals surface area contributed by atoms with E-state index < -0.39 is 0 Å². The van der Waals surface area contributed by atoms with Crippen molar-refractivity contribution in [1.82, 2.24) is 9.97 Å². The molecule has 0 spiro atoms. The van der Waals surface area contributed by atoms with Gasteiger partial charge in [-0.1, -0.05) is 48.0 Å². The molecule has 142 valence electrons. The molecule has 28 heavy (non-hydrogen) atoms. The second kappa shape index (κ2) is 7.48. The van der Waals surface area contributed by atoms with Crippen LogP contribution in [0.5, 0.6) is 11.9 Å². The maximum atomic E-state index is 13.6. The summed E-state index contributed by atoms with van der Waals surface area (Å²) in [6.45, 7) is 0. The van der Waals surface area contributed by atoms with Crippen molar-refractivity contribution in [1.29, 1.82) is 0 Å². The zero-order chi connectivity index (χ0) is 19.7. The smallest absolute Gasteiger partial charge is 0.319 e. The molecule has 4 rings (SSSR count). The highest BCUT2D eigenvalue weighted by atomic mass is 35.5. The van der Waals surface area contributed by atoms with Gasteiger partial charge in [0, 0.05) is 17.1 Å². The van der Waals surface area contributed by atoms with Gasteiger partial charge in [0.1, 0.15) is 5.56 Å². The van der Waals surface area contributed by atoms with Crippen molar-refractivity contribution in [2.75, 3.05) is 19.1 Å². The molecule has 6 nitrogen and oxygen atoms in total. The quantitative estimate of drug-likeness (QED) is 0.665. The number of aromatic nitrogens is 2. The Morgan fingerprint density at radius 3 is 2.39 bits per heavy atom. The van der Waals surface area contributed by atoms with Gasteiger partial charge in [-0.15, -0.1) is 0 Å². The minimum atomic E-state index is -0.319. The van der Waals surface area contributed by atoms with Crippen molar-refractivity contribution in [3.05, 3.63) is 76.4 Å². The van der Waals surface area contributed by atoms with Gasteiger partial charge in [0.05, 0.1) is 26.0 Å². The van der Waals surface area contributed by atoms with E-state index in [0.717, 1.165) is 11.3 Å². The normalized spacial score (nSPS) is 15.9. The third kappa shape index (κ3) is 3.05. The maximum absolute atomic E-state index is 13.6. The van der Waals surface area contributed by atoms with E-state index in [1.54, 1.807) is 4.90 Å². The van der Waals surface area contributed by atoms with Crippen molar-refractivity contribution in [3.8, 4) is 11.9 Å². The molecule has 0 bridgehead atoms. The van der Waals surface area contributed by atoms with Gasteiger partial charge in [-0.2, -0.15) is 9.97 Å². The minimum Gasteiger partial charge on any atom is -0.480 e. The topological polar surface area (TPSA) is 64.5 Å². The molecule has 1 aliphatic heterocycles.